The second-order valence-electron chi connectivity index (χ2n) is 5.48. The maximum absolute atomic E-state index is 12.1. The molecule has 1 fully saturated rings. The highest BCUT2D eigenvalue weighted by molar-refractivity contribution is 7.91. The minimum atomic E-state index is -3.66. The zero-order chi connectivity index (χ0) is 18.4. The zero-order valence-electron chi connectivity index (χ0n) is 13.2. The maximum Gasteiger partial charge on any atom is 0.321 e. The first kappa shape index (κ1) is 19.2. The topological polar surface area (TPSA) is 119 Å². The lowest BCUT2D eigenvalue weighted by molar-refractivity contribution is -0.147. The Labute approximate surface area is 149 Å². The van der Waals surface area contributed by atoms with E-state index < -0.39 is 46.5 Å². The van der Waals surface area contributed by atoms with Gasteiger partial charge in [-0.1, -0.05) is 11.6 Å². The lowest BCUT2D eigenvalue weighted by Crippen LogP contribution is -2.42. The van der Waals surface area contributed by atoms with Crippen molar-refractivity contribution in [2.24, 2.45) is 0 Å². The lowest BCUT2D eigenvalue weighted by atomic mass is 10.4. The summed E-state index contributed by atoms with van der Waals surface area (Å²) in [6, 6.07) is 5.00. The average Bonchev–Trinajstić information content (AvgIpc) is 3.35. The Balaban J connectivity index is 1.71. The molecule has 136 valence electrons. The number of imide groups is 1. The van der Waals surface area contributed by atoms with Crippen molar-refractivity contribution in [1.82, 2.24) is 10.6 Å². The van der Waals surface area contributed by atoms with Gasteiger partial charge in [0.25, 0.3) is 5.91 Å². The number of benzene rings is 1. The molecular formula is C15H17ClN2O6S. The van der Waals surface area contributed by atoms with Gasteiger partial charge in [-0.25, -0.2) is 13.2 Å². The van der Waals surface area contributed by atoms with Gasteiger partial charge in [0.1, 0.15) is 0 Å². The first-order valence-corrected chi connectivity index (χ1v) is 9.53. The van der Waals surface area contributed by atoms with E-state index in [1.165, 1.54) is 24.3 Å². The Morgan fingerprint density at radius 1 is 1.16 bits per heavy atom. The van der Waals surface area contributed by atoms with E-state index in [2.05, 4.69) is 10.1 Å². The Bertz CT molecular complexity index is 759. The average molecular weight is 389 g/mol. The van der Waals surface area contributed by atoms with Crippen LogP contribution in [0.1, 0.15) is 19.3 Å². The van der Waals surface area contributed by atoms with Crippen LogP contribution < -0.4 is 10.6 Å². The van der Waals surface area contributed by atoms with Gasteiger partial charge in [-0.15, -0.1) is 0 Å². The fourth-order valence-corrected chi connectivity index (χ4v) is 3.16. The molecule has 8 nitrogen and oxygen atoms in total. The zero-order valence-corrected chi connectivity index (χ0v) is 14.7. The summed E-state index contributed by atoms with van der Waals surface area (Å²) in [4.78, 5) is 34.4. The van der Waals surface area contributed by atoms with Gasteiger partial charge in [-0.3, -0.25) is 14.9 Å². The van der Waals surface area contributed by atoms with Crippen LogP contribution in [0.3, 0.4) is 0 Å². The Hall–Kier alpha value is -2.13. The van der Waals surface area contributed by atoms with E-state index in [4.69, 9.17) is 11.6 Å². The first-order valence-electron chi connectivity index (χ1n) is 7.50. The molecule has 1 aliphatic rings. The van der Waals surface area contributed by atoms with E-state index in [0.717, 1.165) is 12.8 Å². The molecule has 1 saturated carbocycles. The number of sulfone groups is 1. The molecule has 1 aromatic carbocycles. The number of urea groups is 1. The maximum atomic E-state index is 12.1. The number of ether oxygens (including phenoxy) is 1. The van der Waals surface area contributed by atoms with Gasteiger partial charge in [0, 0.05) is 11.1 Å². The van der Waals surface area contributed by atoms with E-state index in [0.29, 0.717) is 5.02 Å². The fraction of sp³-hybridized carbons (Fsp3) is 0.400. The molecule has 1 aliphatic carbocycles. The largest absolute Gasteiger partial charge is 0.456 e. The van der Waals surface area contributed by atoms with Crippen molar-refractivity contribution >= 4 is 39.3 Å². The summed E-state index contributed by atoms with van der Waals surface area (Å²) in [6.07, 6.45) is 1.34. The van der Waals surface area contributed by atoms with Gasteiger partial charge < -0.3 is 10.1 Å². The van der Waals surface area contributed by atoms with Crippen molar-refractivity contribution in [3.63, 3.8) is 0 Å². The van der Waals surface area contributed by atoms with Crippen LogP contribution in [0.2, 0.25) is 5.02 Å². The molecule has 0 bridgehead atoms. The standard InChI is InChI=1S/C15H17ClN2O6S/c16-10-1-5-12(6-2-10)25(22,23)8-7-14(20)24-9-13(19)18-15(21)17-11-3-4-11/h1-2,5-6,11H,3-4,7-9H2,(H2,17,18,19,21). The number of amides is 3. The third-order valence-corrected chi connectivity index (χ3v) is 5.26. The number of rotatable bonds is 7. The summed E-state index contributed by atoms with van der Waals surface area (Å²) in [6.45, 7) is -0.655. The van der Waals surface area contributed by atoms with E-state index in [1.807, 2.05) is 5.32 Å². The Kier molecular flexibility index (Phi) is 6.38. The molecule has 10 heteroatoms. The van der Waals surface area contributed by atoms with Crippen LogP contribution in [0.25, 0.3) is 0 Å². The highest BCUT2D eigenvalue weighted by atomic mass is 35.5. The summed E-state index contributed by atoms with van der Waals surface area (Å²) in [7, 11) is -3.66. The minimum absolute atomic E-state index is 0.0409. The number of esters is 1. The van der Waals surface area contributed by atoms with Crippen LogP contribution in [0, 0.1) is 0 Å². The second-order valence-corrected chi connectivity index (χ2v) is 8.02. The lowest BCUT2D eigenvalue weighted by Gasteiger charge is -2.07. The van der Waals surface area contributed by atoms with E-state index >= 15 is 0 Å². The smallest absolute Gasteiger partial charge is 0.321 e. The molecule has 0 unspecified atom stereocenters. The first-order chi connectivity index (χ1) is 11.8. The summed E-state index contributed by atoms with van der Waals surface area (Å²) < 4.78 is 28.8. The van der Waals surface area contributed by atoms with Gasteiger partial charge >= 0.3 is 12.0 Å². The monoisotopic (exact) mass is 388 g/mol. The van der Waals surface area contributed by atoms with Crippen molar-refractivity contribution in [3.05, 3.63) is 29.3 Å². The van der Waals surface area contributed by atoms with Crippen LogP contribution in [0.5, 0.6) is 0 Å². The van der Waals surface area contributed by atoms with Crippen molar-refractivity contribution < 1.29 is 27.5 Å². The number of halogens is 1. The third kappa shape index (κ3) is 6.71. The molecule has 0 saturated heterocycles. The SMILES string of the molecule is O=C(COC(=O)CCS(=O)(=O)c1ccc(Cl)cc1)NC(=O)NC1CC1. The van der Waals surface area contributed by atoms with Gasteiger partial charge in [-0.05, 0) is 37.1 Å². The van der Waals surface area contributed by atoms with Crippen molar-refractivity contribution in [1.29, 1.82) is 0 Å². The summed E-state index contributed by atoms with van der Waals surface area (Å²) in [5.74, 6) is -2.10. The number of hydrogen-bond acceptors (Lipinski definition) is 6. The molecule has 0 spiro atoms. The van der Waals surface area contributed by atoms with Crippen LogP contribution in [-0.4, -0.2) is 44.7 Å². The predicted molar refractivity (Wildman–Crippen MR) is 88.8 cm³/mol. The number of carbonyl (C=O) groups is 3. The molecule has 0 heterocycles. The number of nitrogens with one attached hydrogen (secondary N) is 2. The molecule has 0 aliphatic heterocycles. The van der Waals surface area contributed by atoms with E-state index in [9.17, 15) is 22.8 Å². The molecule has 0 aromatic heterocycles. The molecular weight excluding hydrogens is 372 g/mol. The fourth-order valence-electron chi connectivity index (χ4n) is 1.81. The summed E-state index contributed by atoms with van der Waals surface area (Å²) in [5, 5.41) is 4.95. The quantitative estimate of drug-likeness (QED) is 0.673. The molecule has 2 rings (SSSR count). The highest BCUT2D eigenvalue weighted by Crippen LogP contribution is 2.18. The normalized spacial score (nSPS) is 13.8. The van der Waals surface area contributed by atoms with Crippen molar-refractivity contribution in [2.75, 3.05) is 12.4 Å². The van der Waals surface area contributed by atoms with Crippen LogP contribution in [-0.2, 0) is 24.2 Å². The van der Waals surface area contributed by atoms with Gasteiger partial charge in [0.05, 0.1) is 17.1 Å². The van der Waals surface area contributed by atoms with Crippen LogP contribution >= 0.6 is 11.6 Å². The number of hydrogen-bond donors (Lipinski definition) is 2. The van der Waals surface area contributed by atoms with Crippen LogP contribution in [0.4, 0.5) is 4.79 Å². The number of carbonyl (C=O) groups excluding carboxylic acids is 3. The third-order valence-electron chi connectivity index (χ3n) is 3.28. The molecule has 0 radical (unpaired) electrons. The minimum Gasteiger partial charge on any atom is -0.456 e. The summed E-state index contributed by atoms with van der Waals surface area (Å²) in [5.41, 5.74) is 0. The molecule has 25 heavy (non-hydrogen) atoms. The molecule has 0 atom stereocenters. The van der Waals surface area contributed by atoms with E-state index in [1.54, 1.807) is 0 Å². The van der Waals surface area contributed by atoms with Gasteiger partial charge in [-0.2, -0.15) is 0 Å². The predicted octanol–water partition coefficient (Wildman–Crippen LogP) is 1.04. The Morgan fingerprint density at radius 2 is 1.80 bits per heavy atom. The van der Waals surface area contributed by atoms with E-state index in [-0.39, 0.29) is 10.9 Å². The molecule has 1 aromatic rings. The van der Waals surface area contributed by atoms with Crippen molar-refractivity contribution in [2.45, 2.75) is 30.2 Å². The van der Waals surface area contributed by atoms with Gasteiger partial charge in [0.15, 0.2) is 16.4 Å². The van der Waals surface area contributed by atoms with Gasteiger partial charge in [0.2, 0.25) is 0 Å². The second kappa shape index (κ2) is 8.30. The highest BCUT2D eigenvalue weighted by Gasteiger charge is 2.24. The Morgan fingerprint density at radius 3 is 2.40 bits per heavy atom. The van der Waals surface area contributed by atoms with Crippen molar-refractivity contribution in [3.8, 4) is 0 Å². The summed E-state index contributed by atoms with van der Waals surface area (Å²) >= 11 is 5.69. The van der Waals surface area contributed by atoms with Crippen LogP contribution in [0.15, 0.2) is 29.2 Å². The molecule has 2 N–H and O–H groups in total. The molecule has 3 amide bonds.